The van der Waals surface area contributed by atoms with E-state index in [-0.39, 0.29) is 17.0 Å². The summed E-state index contributed by atoms with van der Waals surface area (Å²) in [6.45, 7) is 6.49. The molecule has 27 heavy (non-hydrogen) atoms. The summed E-state index contributed by atoms with van der Waals surface area (Å²) in [5.41, 5.74) is 2.94. The molecule has 0 bridgehead atoms. The van der Waals surface area contributed by atoms with Crippen molar-refractivity contribution in [3.05, 3.63) is 69.3 Å². The summed E-state index contributed by atoms with van der Waals surface area (Å²) in [6.07, 6.45) is -0.969. The number of nitrogens with zero attached hydrogens (tertiary/aromatic N) is 1. The van der Waals surface area contributed by atoms with Crippen molar-refractivity contribution in [2.45, 2.75) is 44.5 Å². The Hall–Kier alpha value is -2.44. The van der Waals surface area contributed by atoms with Crippen LogP contribution in [0.1, 0.15) is 49.5 Å². The Kier molecular flexibility index (Phi) is 5.22. The Morgan fingerprint density at radius 1 is 1.04 bits per heavy atom. The summed E-state index contributed by atoms with van der Waals surface area (Å²) in [5, 5.41) is 11.2. The van der Waals surface area contributed by atoms with Crippen molar-refractivity contribution in [3.63, 3.8) is 0 Å². The molecule has 0 amide bonds. The number of methoxy groups -OCH3 is 2. The maximum atomic E-state index is 11.2. The fraction of sp³-hybridized carbons (Fsp3) is 0.429. The van der Waals surface area contributed by atoms with Gasteiger partial charge in [-0.25, -0.2) is 0 Å². The SMILES string of the molecule is CO[C@@H]1Oc2ccc([N+](=O)[O-])cc2[C@@H](OC)[C@H]1c1ccc(C(C)(C)C)cc1. The van der Waals surface area contributed by atoms with Gasteiger partial charge in [0.15, 0.2) is 0 Å². The molecule has 144 valence electrons. The van der Waals surface area contributed by atoms with Crippen molar-refractivity contribution in [1.82, 2.24) is 0 Å². The molecule has 0 aromatic heterocycles. The normalized spacial score (nSPS) is 22.0. The predicted octanol–water partition coefficient (Wildman–Crippen LogP) is 4.73. The van der Waals surface area contributed by atoms with Crippen LogP contribution in [0.25, 0.3) is 0 Å². The van der Waals surface area contributed by atoms with Crippen LogP contribution in [0.5, 0.6) is 5.75 Å². The second kappa shape index (κ2) is 7.29. The van der Waals surface area contributed by atoms with Gasteiger partial charge in [-0.05, 0) is 22.6 Å². The highest BCUT2D eigenvalue weighted by Gasteiger charge is 2.41. The molecule has 0 fully saturated rings. The van der Waals surface area contributed by atoms with Crippen molar-refractivity contribution in [2.24, 2.45) is 0 Å². The van der Waals surface area contributed by atoms with Gasteiger partial charge in [0.05, 0.1) is 16.9 Å². The van der Waals surface area contributed by atoms with Gasteiger partial charge in [0.1, 0.15) is 5.75 Å². The number of nitro groups is 1. The molecule has 1 aliphatic rings. The number of fused-ring (bicyclic) bond motifs is 1. The van der Waals surface area contributed by atoms with Gasteiger partial charge in [-0.15, -0.1) is 0 Å². The lowest BCUT2D eigenvalue weighted by Crippen LogP contribution is -2.36. The van der Waals surface area contributed by atoms with Crippen LogP contribution in [0.2, 0.25) is 0 Å². The topological polar surface area (TPSA) is 70.8 Å². The third-order valence-electron chi connectivity index (χ3n) is 5.02. The van der Waals surface area contributed by atoms with Crippen LogP contribution in [0.4, 0.5) is 5.69 Å². The van der Waals surface area contributed by atoms with Crippen LogP contribution in [0.15, 0.2) is 42.5 Å². The summed E-state index contributed by atoms with van der Waals surface area (Å²) >= 11 is 0. The minimum Gasteiger partial charge on any atom is -0.464 e. The number of hydrogen-bond donors (Lipinski definition) is 0. The molecule has 1 heterocycles. The van der Waals surface area contributed by atoms with Gasteiger partial charge in [-0.3, -0.25) is 10.1 Å². The van der Waals surface area contributed by atoms with E-state index >= 15 is 0 Å². The molecule has 2 aromatic rings. The quantitative estimate of drug-likeness (QED) is 0.574. The standard InChI is InChI=1S/C21H25NO5/c1-21(2,3)14-8-6-13(7-9-14)18-19(25-4)16-12-15(22(23)24)10-11-17(16)27-20(18)26-5/h6-12,18-20H,1-5H3/t18-,19-,20-/m1/s1. The van der Waals surface area contributed by atoms with Crippen LogP contribution in [-0.4, -0.2) is 25.4 Å². The maximum Gasteiger partial charge on any atom is 0.270 e. The van der Waals surface area contributed by atoms with E-state index < -0.39 is 17.3 Å². The van der Waals surface area contributed by atoms with Crippen molar-refractivity contribution >= 4 is 5.69 Å². The van der Waals surface area contributed by atoms with Crippen LogP contribution < -0.4 is 4.74 Å². The first-order valence-corrected chi connectivity index (χ1v) is 8.87. The second-order valence-corrected chi connectivity index (χ2v) is 7.76. The average molecular weight is 371 g/mol. The first-order chi connectivity index (χ1) is 12.8. The molecule has 0 radical (unpaired) electrons. The molecule has 1 aliphatic heterocycles. The molecule has 2 aromatic carbocycles. The summed E-state index contributed by atoms with van der Waals surface area (Å²) in [4.78, 5) is 10.8. The third-order valence-corrected chi connectivity index (χ3v) is 5.02. The predicted molar refractivity (Wildman–Crippen MR) is 102 cm³/mol. The van der Waals surface area contributed by atoms with Crippen molar-refractivity contribution in [1.29, 1.82) is 0 Å². The fourth-order valence-electron chi connectivity index (χ4n) is 3.52. The average Bonchev–Trinajstić information content (AvgIpc) is 2.65. The molecule has 0 spiro atoms. The smallest absolute Gasteiger partial charge is 0.270 e. The Balaban J connectivity index is 2.05. The number of ether oxygens (including phenoxy) is 3. The lowest BCUT2D eigenvalue weighted by molar-refractivity contribution is -0.385. The Bertz CT molecular complexity index is 825. The van der Waals surface area contributed by atoms with Gasteiger partial charge < -0.3 is 14.2 Å². The van der Waals surface area contributed by atoms with E-state index in [4.69, 9.17) is 14.2 Å². The molecule has 0 saturated carbocycles. The van der Waals surface area contributed by atoms with E-state index in [2.05, 4.69) is 45.0 Å². The second-order valence-electron chi connectivity index (χ2n) is 7.76. The van der Waals surface area contributed by atoms with E-state index in [0.717, 1.165) is 5.56 Å². The van der Waals surface area contributed by atoms with Gasteiger partial charge in [-0.2, -0.15) is 0 Å². The number of nitro benzene ring substituents is 1. The highest BCUT2D eigenvalue weighted by Crippen LogP contribution is 2.47. The molecule has 0 aliphatic carbocycles. The summed E-state index contributed by atoms with van der Waals surface area (Å²) in [7, 11) is 3.19. The lowest BCUT2D eigenvalue weighted by atomic mass is 9.82. The first kappa shape index (κ1) is 19.3. The number of benzene rings is 2. The molecular formula is C21H25NO5. The molecule has 0 N–H and O–H groups in total. The van der Waals surface area contributed by atoms with Crippen molar-refractivity contribution in [2.75, 3.05) is 14.2 Å². The summed E-state index contributed by atoms with van der Waals surface area (Å²) in [6, 6.07) is 12.8. The van der Waals surface area contributed by atoms with Gasteiger partial charge in [0, 0.05) is 31.9 Å². The molecule has 6 nitrogen and oxygen atoms in total. The monoisotopic (exact) mass is 371 g/mol. The Labute approximate surface area is 159 Å². The fourth-order valence-corrected chi connectivity index (χ4v) is 3.52. The number of rotatable bonds is 4. The van der Waals surface area contributed by atoms with Crippen LogP contribution in [0.3, 0.4) is 0 Å². The van der Waals surface area contributed by atoms with Crippen LogP contribution in [0, 0.1) is 10.1 Å². The summed E-state index contributed by atoms with van der Waals surface area (Å²) < 4.78 is 17.3. The van der Waals surface area contributed by atoms with Crippen molar-refractivity contribution in [3.8, 4) is 5.75 Å². The number of hydrogen-bond acceptors (Lipinski definition) is 5. The van der Waals surface area contributed by atoms with E-state index in [1.54, 1.807) is 20.3 Å². The zero-order valence-corrected chi connectivity index (χ0v) is 16.3. The van der Waals surface area contributed by atoms with E-state index in [9.17, 15) is 10.1 Å². The minimum absolute atomic E-state index is 0.0112. The Morgan fingerprint density at radius 2 is 1.70 bits per heavy atom. The molecule has 3 rings (SSSR count). The van der Waals surface area contributed by atoms with Crippen LogP contribution >= 0.6 is 0 Å². The zero-order chi connectivity index (χ0) is 19.8. The zero-order valence-electron chi connectivity index (χ0n) is 16.3. The highest BCUT2D eigenvalue weighted by molar-refractivity contribution is 5.48. The van der Waals surface area contributed by atoms with Gasteiger partial charge in [-0.1, -0.05) is 45.0 Å². The lowest BCUT2D eigenvalue weighted by Gasteiger charge is -2.38. The van der Waals surface area contributed by atoms with E-state index in [1.807, 2.05) is 0 Å². The van der Waals surface area contributed by atoms with Gasteiger partial charge >= 0.3 is 0 Å². The van der Waals surface area contributed by atoms with E-state index in [0.29, 0.717) is 11.3 Å². The van der Waals surface area contributed by atoms with Gasteiger partial charge in [0.2, 0.25) is 6.29 Å². The molecule has 0 saturated heterocycles. The largest absolute Gasteiger partial charge is 0.464 e. The van der Waals surface area contributed by atoms with E-state index in [1.165, 1.54) is 17.7 Å². The maximum absolute atomic E-state index is 11.2. The molecule has 3 atom stereocenters. The van der Waals surface area contributed by atoms with Crippen LogP contribution in [-0.2, 0) is 14.9 Å². The van der Waals surface area contributed by atoms with Crippen molar-refractivity contribution < 1.29 is 19.1 Å². The minimum atomic E-state index is -0.551. The molecule has 0 unspecified atom stereocenters. The number of non-ortho nitro benzene ring substituents is 1. The highest BCUT2D eigenvalue weighted by atomic mass is 16.7. The first-order valence-electron chi connectivity index (χ1n) is 8.87. The summed E-state index contributed by atoms with van der Waals surface area (Å²) in [5.74, 6) is 0.297. The molecular weight excluding hydrogens is 346 g/mol. The third kappa shape index (κ3) is 3.68. The molecule has 6 heteroatoms. The van der Waals surface area contributed by atoms with Gasteiger partial charge in [0.25, 0.3) is 5.69 Å². The Morgan fingerprint density at radius 3 is 2.22 bits per heavy atom.